The van der Waals surface area contributed by atoms with Crippen LogP contribution in [0.4, 0.5) is 0 Å². The van der Waals surface area contributed by atoms with Gasteiger partial charge < -0.3 is 15.2 Å². The molecule has 0 spiro atoms. The van der Waals surface area contributed by atoms with Crippen molar-refractivity contribution in [2.75, 3.05) is 13.2 Å². The Morgan fingerprint density at radius 3 is 3.00 bits per heavy atom. The molecule has 0 saturated carbocycles. The third-order valence-corrected chi connectivity index (χ3v) is 3.29. The Morgan fingerprint density at radius 2 is 2.39 bits per heavy atom. The van der Waals surface area contributed by atoms with E-state index in [1.807, 2.05) is 12.1 Å². The molecule has 1 saturated heterocycles. The SMILES string of the molecule is CCC(N)c1ccc(OCC2CCCCO2)cn1. The average Bonchev–Trinajstić information content (AvgIpc) is 2.46. The van der Waals surface area contributed by atoms with Crippen molar-refractivity contribution in [2.24, 2.45) is 5.73 Å². The van der Waals surface area contributed by atoms with Crippen molar-refractivity contribution in [2.45, 2.75) is 44.8 Å². The van der Waals surface area contributed by atoms with Crippen LogP contribution in [0.2, 0.25) is 0 Å². The fourth-order valence-electron chi connectivity index (χ4n) is 2.03. The number of ether oxygens (including phenoxy) is 2. The molecule has 2 rings (SSSR count). The van der Waals surface area contributed by atoms with E-state index in [4.69, 9.17) is 15.2 Å². The van der Waals surface area contributed by atoms with Gasteiger partial charge in [0.1, 0.15) is 12.4 Å². The monoisotopic (exact) mass is 250 g/mol. The smallest absolute Gasteiger partial charge is 0.137 e. The van der Waals surface area contributed by atoms with Crippen LogP contribution in [0.15, 0.2) is 18.3 Å². The van der Waals surface area contributed by atoms with Crippen LogP contribution in [0.25, 0.3) is 0 Å². The molecular weight excluding hydrogens is 228 g/mol. The third kappa shape index (κ3) is 3.68. The lowest BCUT2D eigenvalue weighted by atomic mass is 10.1. The molecule has 1 aromatic heterocycles. The summed E-state index contributed by atoms with van der Waals surface area (Å²) in [7, 11) is 0. The molecule has 0 radical (unpaired) electrons. The molecule has 4 heteroatoms. The molecule has 0 aliphatic carbocycles. The van der Waals surface area contributed by atoms with E-state index in [2.05, 4.69) is 11.9 Å². The molecule has 2 N–H and O–H groups in total. The van der Waals surface area contributed by atoms with Crippen LogP contribution in [0.5, 0.6) is 5.75 Å². The van der Waals surface area contributed by atoms with E-state index in [1.54, 1.807) is 6.20 Å². The highest BCUT2D eigenvalue weighted by Crippen LogP contribution is 2.17. The van der Waals surface area contributed by atoms with Crippen molar-refractivity contribution in [3.05, 3.63) is 24.0 Å². The maximum atomic E-state index is 5.91. The zero-order valence-corrected chi connectivity index (χ0v) is 11.0. The second-order valence-corrected chi connectivity index (χ2v) is 4.73. The van der Waals surface area contributed by atoms with Crippen molar-refractivity contribution in [1.29, 1.82) is 0 Å². The Balaban J connectivity index is 1.82. The number of nitrogens with two attached hydrogens (primary N) is 1. The van der Waals surface area contributed by atoms with Gasteiger partial charge in [-0.2, -0.15) is 0 Å². The van der Waals surface area contributed by atoms with E-state index in [1.165, 1.54) is 12.8 Å². The van der Waals surface area contributed by atoms with Gasteiger partial charge in [-0.15, -0.1) is 0 Å². The quantitative estimate of drug-likeness (QED) is 0.872. The molecule has 100 valence electrons. The topological polar surface area (TPSA) is 57.4 Å². The number of hydrogen-bond donors (Lipinski definition) is 1. The summed E-state index contributed by atoms with van der Waals surface area (Å²) in [4.78, 5) is 4.32. The van der Waals surface area contributed by atoms with E-state index in [9.17, 15) is 0 Å². The average molecular weight is 250 g/mol. The molecule has 2 atom stereocenters. The molecule has 2 heterocycles. The van der Waals surface area contributed by atoms with Gasteiger partial charge >= 0.3 is 0 Å². The van der Waals surface area contributed by atoms with Gasteiger partial charge in [0.2, 0.25) is 0 Å². The Kier molecular flexibility index (Phi) is 4.96. The molecule has 2 unspecified atom stereocenters. The number of rotatable bonds is 5. The third-order valence-electron chi connectivity index (χ3n) is 3.29. The van der Waals surface area contributed by atoms with Crippen LogP contribution in [-0.4, -0.2) is 24.3 Å². The lowest BCUT2D eigenvalue weighted by Crippen LogP contribution is -2.25. The van der Waals surface area contributed by atoms with Crippen LogP contribution in [0, 0.1) is 0 Å². The molecule has 0 bridgehead atoms. The summed E-state index contributed by atoms with van der Waals surface area (Å²) in [6.07, 6.45) is 6.36. The van der Waals surface area contributed by atoms with Crippen molar-refractivity contribution < 1.29 is 9.47 Å². The van der Waals surface area contributed by atoms with Crippen molar-refractivity contribution in [3.63, 3.8) is 0 Å². The van der Waals surface area contributed by atoms with Crippen molar-refractivity contribution >= 4 is 0 Å². The zero-order chi connectivity index (χ0) is 12.8. The van der Waals surface area contributed by atoms with E-state index in [0.717, 1.165) is 30.9 Å². The first-order chi connectivity index (χ1) is 8.79. The van der Waals surface area contributed by atoms with Gasteiger partial charge in [-0.05, 0) is 37.8 Å². The first-order valence-electron chi connectivity index (χ1n) is 6.75. The van der Waals surface area contributed by atoms with Crippen LogP contribution in [-0.2, 0) is 4.74 Å². The summed E-state index contributed by atoms with van der Waals surface area (Å²) in [6.45, 7) is 3.52. The van der Waals surface area contributed by atoms with Gasteiger partial charge in [-0.25, -0.2) is 0 Å². The van der Waals surface area contributed by atoms with E-state index < -0.39 is 0 Å². The molecular formula is C14H22N2O2. The summed E-state index contributed by atoms with van der Waals surface area (Å²) in [5.74, 6) is 0.788. The van der Waals surface area contributed by atoms with Crippen LogP contribution in [0.3, 0.4) is 0 Å². The van der Waals surface area contributed by atoms with Gasteiger partial charge in [-0.1, -0.05) is 6.92 Å². The lowest BCUT2D eigenvalue weighted by Gasteiger charge is -2.22. The van der Waals surface area contributed by atoms with Crippen LogP contribution < -0.4 is 10.5 Å². The highest BCUT2D eigenvalue weighted by atomic mass is 16.5. The van der Waals surface area contributed by atoms with Crippen molar-refractivity contribution in [1.82, 2.24) is 4.98 Å². The maximum absolute atomic E-state index is 5.91. The van der Waals surface area contributed by atoms with Gasteiger partial charge in [-0.3, -0.25) is 4.98 Å². The Labute approximate surface area is 108 Å². The molecule has 1 aromatic rings. The molecule has 1 aliphatic heterocycles. The molecule has 0 amide bonds. The predicted octanol–water partition coefficient (Wildman–Crippen LogP) is 2.44. The summed E-state index contributed by atoms with van der Waals surface area (Å²) in [5, 5.41) is 0. The molecule has 4 nitrogen and oxygen atoms in total. The van der Waals surface area contributed by atoms with E-state index >= 15 is 0 Å². The minimum atomic E-state index is 0.0146. The Hall–Kier alpha value is -1.13. The fraction of sp³-hybridized carbons (Fsp3) is 0.643. The maximum Gasteiger partial charge on any atom is 0.137 e. The second kappa shape index (κ2) is 6.71. The molecule has 1 aliphatic rings. The standard InChI is InChI=1S/C14H22N2O2/c1-2-13(15)14-7-6-11(9-16-14)18-10-12-5-3-4-8-17-12/h6-7,9,12-13H,2-5,8,10,15H2,1H3. The fourth-order valence-corrected chi connectivity index (χ4v) is 2.03. The Morgan fingerprint density at radius 1 is 1.50 bits per heavy atom. The van der Waals surface area contributed by atoms with Gasteiger partial charge in [0.05, 0.1) is 18.0 Å². The van der Waals surface area contributed by atoms with Gasteiger partial charge in [0, 0.05) is 12.6 Å². The predicted molar refractivity (Wildman–Crippen MR) is 70.5 cm³/mol. The number of nitrogens with zero attached hydrogens (tertiary/aromatic N) is 1. The van der Waals surface area contributed by atoms with Gasteiger partial charge in [0.15, 0.2) is 0 Å². The van der Waals surface area contributed by atoms with Crippen molar-refractivity contribution in [3.8, 4) is 5.75 Å². The lowest BCUT2D eigenvalue weighted by molar-refractivity contribution is -0.0111. The largest absolute Gasteiger partial charge is 0.489 e. The van der Waals surface area contributed by atoms with Gasteiger partial charge in [0.25, 0.3) is 0 Å². The summed E-state index contributed by atoms with van der Waals surface area (Å²) in [5.41, 5.74) is 6.83. The highest BCUT2D eigenvalue weighted by Gasteiger charge is 2.14. The van der Waals surface area contributed by atoms with Crippen LogP contribution in [0.1, 0.15) is 44.3 Å². The summed E-state index contributed by atoms with van der Waals surface area (Å²) in [6, 6.07) is 3.88. The molecule has 1 fully saturated rings. The summed E-state index contributed by atoms with van der Waals surface area (Å²) >= 11 is 0. The van der Waals surface area contributed by atoms with E-state index in [-0.39, 0.29) is 12.1 Å². The number of aromatic nitrogens is 1. The zero-order valence-electron chi connectivity index (χ0n) is 11.0. The normalized spacial score (nSPS) is 21.6. The first kappa shape index (κ1) is 13.3. The first-order valence-corrected chi connectivity index (χ1v) is 6.75. The number of pyridine rings is 1. The Bertz CT molecular complexity index is 347. The molecule has 0 aromatic carbocycles. The summed E-state index contributed by atoms with van der Waals surface area (Å²) < 4.78 is 11.3. The number of hydrogen-bond acceptors (Lipinski definition) is 4. The highest BCUT2D eigenvalue weighted by molar-refractivity contribution is 5.21. The minimum absolute atomic E-state index is 0.0146. The van der Waals surface area contributed by atoms with E-state index in [0.29, 0.717) is 6.61 Å². The minimum Gasteiger partial charge on any atom is -0.489 e. The molecule has 18 heavy (non-hydrogen) atoms. The van der Waals surface area contributed by atoms with Crippen LogP contribution >= 0.6 is 0 Å². The second-order valence-electron chi connectivity index (χ2n) is 4.73.